The first-order valence-corrected chi connectivity index (χ1v) is 2.98. The van der Waals surface area contributed by atoms with E-state index in [1.54, 1.807) is 6.20 Å². The van der Waals surface area contributed by atoms with Crippen LogP contribution in [0, 0.1) is 0 Å². The van der Waals surface area contributed by atoms with Crippen molar-refractivity contribution in [1.29, 1.82) is 0 Å². The van der Waals surface area contributed by atoms with Crippen LogP contribution in [0.3, 0.4) is 0 Å². The van der Waals surface area contributed by atoms with Crippen LogP contribution in [0.25, 0.3) is 11.4 Å². The predicted octanol–water partition coefficient (Wildman–Crippen LogP) is 0.527. The van der Waals surface area contributed by atoms with Gasteiger partial charge < -0.3 is 4.52 Å². The van der Waals surface area contributed by atoms with Crippen molar-refractivity contribution in [2.24, 2.45) is 0 Å². The Labute approximate surface area is 62.1 Å². The zero-order chi connectivity index (χ0) is 7.52. The van der Waals surface area contributed by atoms with E-state index in [0.717, 1.165) is 5.56 Å². The number of aromatic nitrogens is 4. The van der Waals surface area contributed by atoms with Crippen LogP contribution in [-0.2, 0) is 0 Å². The van der Waals surface area contributed by atoms with Crippen LogP contribution in [0.4, 0.5) is 0 Å². The maximum atomic E-state index is 4.62. The molecular weight excluding hydrogens is 144 g/mol. The lowest BCUT2D eigenvalue weighted by Gasteiger charge is -1.88. The summed E-state index contributed by atoms with van der Waals surface area (Å²) < 4.78 is 4.62. The van der Waals surface area contributed by atoms with Gasteiger partial charge in [0.1, 0.15) is 18.9 Å². The summed E-state index contributed by atoms with van der Waals surface area (Å²) in [5.74, 6) is 0.571. The lowest BCUT2D eigenvalue weighted by molar-refractivity contribution is 0.420. The fourth-order valence-electron chi connectivity index (χ4n) is 0.704. The second-order valence-corrected chi connectivity index (χ2v) is 1.87. The first kappa shape index (κ1) is 5.96. The summed E-state index contributed by atoms with van der Waals surface area (Å²) in [5, 5.41) is 3.52. The Balaban J connectivity index is 2.46. The summed E-state index contributed by atoms with van der Waals surface area (Å²) >= 11 is 0. The third-order valence-electron chi connectivity index (χ3n) is 1.18. The molecular formula is C6H4N4O. The van der Waals surface area contributed by atoms with Gasteiger partial charge in [-0.15, -0.1) is 0 Å². The van der Waals surface area contributed by atoms with Crippen molar-refractivity contribution in [2.75, 3.05) is 0 Å². The van der Waals surface area contributed by atoms with Gasteiger partial charge in [-0.25, -0.2) is 15.0 Å². The van der Waals surface area contributed by atoms with Gasteiger partial charge in [0.25, 0.3) is 0 Å². The van der Waals surface area contributed by atoms with Gasteiger partial charge in [0.05, 0.1) is 11.8 Å². The largest absolute Gasteiger partial charge is 0.364 e. The molecule has 0 amide bonds. The van der Waals surface area contributed by atoms with Crippen molar-refractivity contribution in [2.45, 2.75) is 0 Å². The Morgan fingerprint density at radius 2 is 2.00 bits per heavy atom. The molecule has 2 heterocycles. The lowest BCUT2D eigenvalue weighted by Crippen LogP contribution is -1.86. The molecule has 54 valence electrons. The molecule has 0 N–H and O–H groups in total. The molecule has 0 bridgehead atoms. The molecule has 11 heavy (non-hydrogen) atoms. The molecule has 2 aromatic rings. The summed E-state index contributed by atoms with van der Waals surface area (Å²) in [5.41, 5.74) is 0.757. The molecule has 0 fully saturated rings. The van der Waals surface area contributed by atoms with Crippen molar-refractivity contribution < 1.29 is 4.52 Å². The third kappa shape index (κ3) is 1.07. The Morgan fingerprint density at radius 1 is 1.18 bits per heavy atom. The summed E-state index contributed by atoms with van der Waals surface area (Å²) in [6.45, 7) is 0. The maximum Gasteiger partial charge on any atom is 0.167 e. The molecule has 0 aliphatic carbocycles. The molecule has 5 nitrogen and oxygen atoms in total. The molecule has 0 aliphatic heterocycles. The minimum absolute atomic E-state index is 0.571. The summed E-state index contributed by atoms with van der Waals surface area (Å²) in [7, 11) is 0. The molecule has 0 aliphatic rings. The Bertz CT molecular complexity index is 318. The van der Waals surface area contributed by atoms with Gasteiger partial charge in [-0.3, -0.25) is 0 Å². The first-order valence-electron chi connectivity index (χ1n) is 2.98. The SMILES string of the molecule is c1ncnc(-c2cnoc2)n1. The highest BCUT2D eigenvalue weighted by molar-refractivity contribution is 5.49. The summed E-state index contributed by atoms with van der Waals surface area (Å²) in [6.07, 6.45) is 5.88. The molecule has 0 saturated carbocycles. The topological polar surface area (TPSA) is 64.7 Å². The Morgan fingerprint density at radius 3 is 2.64 bits per heavy atom. The van der Waals surface area contributed by atoms with Crippen LogP contribution in [0.5, 0.6) is 0 Å². The quantitative estimate of drug-likeness (QED) is 0.590. The fourth-order valence-corrected chi connectivity index (χ4v) is 0.704. The molecule has 2 aromatic heterocycles. The second-order valence-electron chi connectivity index (χ2n) is 1.87. The number of hydrogen-bond donors (Lipinski definition) is 0. The Kier molecular flexibility index (Phi) is 1.33. The van der Waals surface area contributed by atoms with Crippen LogP contribution in [-0.4, -0.2) is 20.1 Å². The molecule has 0 aromatic carbocycles. The van der Waals surface area contributed by atoms with Gasteiger partial charge in [-0.2, -0.15) is 0 Å². The highest BCUT2D eigenvalue weighted by atomic mass is 16.5. The van der Waals surface area contributed by atoms with E-state index in [-0.39, 0.29) is 0 Å². The predicted molar refractivity (Wildman–Crippen MR) is 35.3 cm³/mol. The molecule has 0 unspecified atom stereocenters. The van der Waals surface area contributed by atoms with E-state index in [4.69, 9.17) is 0 Å². The van der Waals surface area contributed by atoms with Crippen molar-refractivity contribution >= 4 is 0 Å². The Hall–Kier alpha value is -1.78. The van der Waals surface area contributed by atoms with E-state index < -0.39 is 0 Å². The summed E-state index contributed by atoms with van der Waals surface area (Å²) in [6, 6.07) is 0. The monoisotopic (exact) mass is 148 g/mol. The highest BCUT2D eigenvalue weighted by Gasteiger charge is 2.00. The zero-order valence-electron chi connectivity index (χ0n) is 5.51. The minimum atomic E-state index is 0.571. The second kappa shape index (κ2) is 2.45. The lowest BCUT2D eigenvalue weighted by atomic mass is 10.3. The van der Waals surface area contributed by atoms with Crippen LogP contribution >= 0.6 is 0 Å². The van der Waals surface area contributed by atoms with Crippen molar-refractivity contribution in [3.8, 4) is 11.4 Å². The van der Waals surface area contributed by atoms with E-state index >= 15 is 0 Å². The van der Waals surface area contributed by atoms with E-state index in [0.29, 0.717) is 5.82 Å². The molecule has 2 rings (SSSR count). The molecule has 0 spiro atoms. The summed E-state index contributed by atoms with van der Waals surface area (Å²) in [4.78, 5) is 11.5. The van der Waals surface area contributed by atoms with Gasteiger partial charge in [0, 0.05) is 0 Å². The fraction of sp³-hybridized carbons (Fsp3) is 0. The smallest absolute Gasteiger partial charge is 0.167 e. The molecule has 0 atom stereocenters. The molecule has 0 radical (unpaired) electrons. The van der Waals surface area contributed by atoms with Gasteiger partial charge in [0.15, 0.2) is 5.82 Å². The van der Waals surface area contributed by atoms with E-state index in [9.17, 15) is 0 Å². The van der Waals surface area contributed by atoms with Gasteiger partial charge in [-0.05, 0) is 0 Å². The minimum Gasteiger partial charge on any atom is -0.364 e. The first-order chi connectivity index (χ1) is 5.47. The highest BCUT2D eigenvalue weighted by Crippen LogP contribution is 2.09. The van der Waals surface area contributed by atoms with Gasteiger partial charge in [0.2, 0.25) is 0 Å². The van der Waals surface area contributed by atoms with E-state index in [1.807, 2.05) is 0 Å². The average molecular weight is 148 g/mol. The molecule has 5 heteroatoms. The van der Waals surface area contributed by atoms with Crippen molar-refractivity contribution in [3.63, 3.8) is 0 Å². The number of nitrogens with zero attached hydrogens (tertiary/aromatic N) is 4. The average Bonchev–Trinajstić information content (AvgIpc) is 2.58. The maximum absolute atomic E-state index is 4.62. The van der Waals surface area contributed by atoms with Crippen molar-refractivity contribution in [3.05, 3.63) is 25.1 Å². The molecule has 0 saturated heterocycles. The number of rotatable bonds is 1. The van der Waals surface area contributed by atoms with Crippen LogP contribution in [0.15, 0.2) is 29.6 Å². The standard InChI is InChI=1S/C6H4N4O/c1-5(2-11-10-1)6-8-3-7-4-9-6/h1-4H. The van der Waals surface area contributed by atoms with Crippen molar-refractivity contribution in [1.82, 2.24) is 20.1 Å². The van der Waals surface area contributed by atoms with E-state index in [1.165, 1.54) is 18.9 Å². The van der Waals surface area contributed by atoms with E-state index in [2.05, 4.69) is 24.6 Å². The van der Waals surface area contributed by atoms with Gasteiger partial charge >= 0.3 is 0 Å². The third-order valence-corrected chi connectivity index (χ3v) is 1.18. The van der Waals surface area contributed by atoms with Crippen LogP contribution in [0.1, 0.15) is 0 Å². The normalized spacial score (nSPS) is 9.82. The van der Waals surface area contributed by atoms with Gasteiger partial charge in [-0.1, -0.05) is 5.16 Å². The van der Waals surface area contributed by atoms with Crippen LogP contribution in [0.2, 0.25) is 0 Å². The zero-order valence-corrected chi connectivity index (χ0v) is 5.51. The van der Waals surface area contributed by atoms with Crippen LogP contribution < -0.4 is 0 Å². The number of hydrogen-bond acceptors (Lipinski definition) is 5.